The third-order valence-corrected chi connectivity index (χ3v) is 4.40. The highest BCUT2D eigenvalue weighted by atomic mass is 16.3. The van der Waals surface area contributed by atoms with Gasteiger partial charge in [-0.05, 0) is 41.0 Å². The fourth-order valence-electron chi connectivity index (χ4n) is 2.81. The maximum absolute atomic E-state index is 12.4. The van der Waals surface area contributed by atoms with Gasteiger partial charge < -0.3 is 10.4 Å². The molecule has 1 aromatic carbocycles. The number of phenolic OH excluding ortho intramolecular Hbond substituents is 1. The van der Waals surface area contributed by atoms with E-state index >= 15 is 0 Å². The van der Waals surface area contributed by atoms with Crippen LogP contribution in [0, 0.1) is 5.92 Å². The largest absolute Gasteiger partial charge is 0.506 e. The molecular formula is C18H23N3O2. The van der Waals surface area contributed by atoms with Crippen LogP contribution in [-0.2, 0) is 17.3 Å². The second-order valence-corrected chi connectivity index (χ2v) is 7.37. The second-order valence-electron chi connectivity index (χ2n) is 7.37. The number of hydrogen-bond acceptors (Lipinski definition) is 3. The van der Waals surface area contributed by atoms with Crippen LogP contribution in [0.1, 0.15) is 44.2 Å². The standard InChI is InChI=1S/C18H23N3O2/c1-18(2,3)12-5-6-16(22)15(7-12)20-17(23)14-8-13(14)11-9-19-21(4)10-11/h5-7,9-10,13-14,22H,8H2,1-4H3,(H,20,23)/t13-,14+/m0/s1. The quantitative estimate of drug-likeness (QED) is 0.855. The molecule has 1 heterocycles. The Labute approximate surface area is 136 Å². The smallest absolute Gasteiger partial charge is 0.228 e. The first-order valence-electron chi connectivity index (χ1n) is 7.88. The molecule has 1 aromatic heterocycles. The number of rotatable bonds is 3. The lowest BCUT2D eigenvalue weighted by atomic mass is 9.87. The molecule has 3 rings (SSSR count). The summed E-state index contributed by atoms with van der Waals surface area (Å²) in [6.45, 7) is 6.30. The van der Waals surface area contributed by atoms with Crippen LogP contribution >= 0.6 is 0 Å². The number of amides is 1. The van der Waals surface area contributed by atoms with E-state index in [0.717, 1.165) is 17.5 Å². The van der Waals surface area contributed by atoms with Crippen molar-refractivity contribution in [3.63, 3.8) is 0 Å². The van der Waals surface area contributed by atoms with E-state index in [2.05, 4.69) is 31.2 Å². The Bertz CT molecular complexity index is 743. The first-order valence-corrected chi connectivity index (χ1v) is 7.88. The number of aromatic hydroxyl groups is 1. The summed E-state index contributed by atoms with van der Waals surface area (Å²) in [5, 5.41) is 17.0. The minimum absolute atomic E-state index is 0.0367. The normalized spacial score (nSPS) is 20.3. The summed E-state index contributed by atoms with van der Waals surface area (Å²) in [7, 11) is 1.87. The second kappa shape index (κ2) is 5.41. The van der Waals surface area contributed by atoms with E-state index in [1.165, 1.54) is 0 Å². The van der Waals surface area contributed by atoms with Crippen molar-refractivity contribution in [3.8, 4) is 5.75 Å². The van der Waals surface area contributed by atoms with Crippen molar-refractivity contribution in [2.75, 3.05) is 5.32 Å². The first kappa shape index (κ1) is 15.6. The van der Waals surface area contributed by atoms with Crippen LogP contribution in [0.3, 0.4) is 0 Å². The average Bonchev–Trinajstić information content (AvgIpc) is 3.15. The van der Waals surface area contributed by atoms with Gasteiger partial charge in [0.25, 0.3) is 0 Å². The Morgan fingerprint density at radius 2 is 2.13 bits per heavy atom. The minimum atomic E-state index is -0.0445. The van der Waals surface area contributed by atoms with Crippen LogP contribution in [0.2, 0.25) is 0 Å². The van der Waals surface area contributed by atoms with Gasteiger partial charge in [0, 0.05) is 19.2 Å². The van der Waals surface area contributed by atoms with Crippen LogP contribution in [0.5, 0.6) is 5.75 Å². The summed E-state index contributed by atoms with van der Waals surface area (Å²) in [5.41, 5.74) is 2.62. The van der Waals surface area contributed by atoms with Crippen molar-refractivity contribution >= 4 is 11.6 Å². The summed E-state index contributed by atoms with van der Waals surface area (Å²) >= 11 is 0. The molecule has 0 aliphatic heterocycles. The number of hydrogen-bond donors (Lipinski definition) is 2. The zero-order valence-corrected chi connectivity index (χ0v) is 14.0. The molecule has 0 spiro atoms. The van der Waals surface area contributed by atoms with Crippen molar-refractivity contribution in [1.82, 2.24) is 9.78 Å². The summed E-state index contributed by atoms with van der Waals surface area (Å²) in [6.07, 6.45) is 4.60. The topological polar surface area (TPSA) is 67.2 Å². The number of nitrogens with zero attached hydrogens (tertiary/aromatic N) is 2. The van der Waals surface area contributed by atoms with Crippen LogP contribution in [0.4, 0.5) is 5.69 Å². The predicted octanol–water partition coefficient (Wildman–Crippen LogP) is 3.17. The van der Waals surface area contributed by atoms with Gasteiger partial charge in [-0.15, -0.1) is 0 Å². The SMILES string of the molecule is Cn1cc([C@@H]2C[C@H]2C(=O)Nc2cc(C(C)(C)C)ccc2O)cn1. The van der Waals surface area contributed by atoms with Gasteiger partial charge in [-0.1, -0.05) is 26.8 Å². The van der Waals surface area contributed by atoms with Crippen molar-refractivity contribution in [2.45, 2.75) is 38.5 Å². The maximum atomic E-state index is 12.4. The van der Waals surface area contributed by atoms with Crippen LogP contribution in [0.15, 0.2) is 30.6 Å². The van der Waals surface area contributed by atoms with Gasteiger partial charge in [0.05, 0.1) is 11.9 Å². The Balaban J connectivity index is 1.72. The van der Waals surface area contributed by atoms with Gasteiger partial charge in [-0.3, -0.25) is 9.48 Å². The zero-order valence-electron chi connectivity index (χ0n) is 14.0. The summed E-state index contributed by atoms with van der Waals surface area (Å²) in [4.78, 5) is 12.4. The molecule has 0 saturated heterocycles. The molecule has 5 heteroatoms. The van der Waals surface area contributed by atoms with Crippen LogP contribution in [0.25, 0.3) is 0 Å². The first-order chi connectivity index (χ1) is 10.8. The monoisotopic (exact) mass is 313 g/mol. The van der Waals surface area contributed by atoms with E-state index in [4.69, 9.17) is 0 Å². The van der Waals surface area contributed by atoms with Crippen LogP contribution in [-0.4, -0.2) is 20.8 Å². The Morgan fingerprint density at radius 3 is 2.74 bits per heavy atom. The van der Waals surface area contributed by atoms with Crippen molar-refractivity contribution in [3.05, 3.63) is 41.7 Å². The van der Waals surface area contributed by atoms with Gasteiger partial charge in [-0.2, -0.15) is 5.10 Å². The average molecular weight is 313 g/mol. The molecule has 5 nitrogen and oxygen atoms in total. The lowest BCUT2D eigenvalue weighted by Crippen LogP contribution is -2.16. The van der Waals surface area contributed by atoms with Gasteiger partial charge in [0.2, 0.25) is 5.91 Å². The molecule has 0 bridgehead atoms. The third-order valence-electron chi connectivity index (χ3n) is 4.40. The lowest BCUT2D eigenvalue weighted by Gasteiger charge is -2.20. The Hall–Kier alpha value is -2.30. The molecule has 0 radical (unpaired) electrons. The number of carbonyl (C=O) groups excluding carboxylic acids is 1. The molecule has 122 valence electrons. The Kier molecular flexibility index (Phi) is 3.66. The number of carbonyl (C=O) groups is 1. The highest BCUT2D eigenvalue weighted by molar-refractivity contribution is 5.96. The van der Waals surface area contributed by atoms with Crippen molar-refractivity contribution in [2.24, 2.45) is 13.0 Å². The van der Waals surface area contributed by atoms with E-state index in [0.29, 0.717) is 5.69 Å². The molecule has 1 fully saturated rings. The van der Waals surface area contributed by atoms with Crippen molar-refractivity contribution < 1.29 is 9.90 Å². The van der Waals surface area contributed by atoms with Gasteiger partial charge in [-0.25, -0.2) is 0 Å². The highest BCUT2D eigenvalue weighted by Gasteiger charge is 2.44. The number of anilines is 1. The van der Waals surface area contributed by atoms with E-state index in [1.807, 2.05) is 31.6 Å². The molecule has 1 aliphatic rings. The number of nitrogens with one attached hydrogen (secondary N) is 1. The predicted molar refractivity (Wildman–Crippen MR) is 89.5 cm³/mol. The number of benzene rings is 1. The van der Waals surface area contributed by atoms with E-state index in [-0.39, 0.29) is 28.9 Å². The molecule has 23 heavy (non-hydrogen) atoms. The van der Waals surface area contributed by atoms with Gasteiger partial charge >= 0.3 is 0 Å². The van der Waals surface area contributed by atoms with Gasteiger partial charge in [0.15, 0.2) is 0 Å². The molecule has 2 aromatic rings. The van der Waals surface area contributed by atoms with E-state index < -0.39 is 0 Å². The van der Waals surface area contributed by atoms with Crippen LogP contribution < -0.4 is 5.32 Å². The Morgan fingerprint density at radius 1 is 1.39 bits per heavy atom. The number of aryl methyl sites for hydroxylation is 1. The molecule has 1 amide bonds. The van der Waals surface area contributed by atoms with Gasteiger partial charge in [0.1, 0.15) is 5.75 Å². The number of phenols is 1. The third kappa shape index (κ3) is 3.23. The van der Waals surface area contributed by atoms with Crippen molar-refractivity contribution in [1.29, 1.82) is 0 Å². The molecular weight excluding hydrogens is 290 g/mol. The molecule has 2 N–H and O–H groups in total. The molecule has 2 atom stereocenters. The maximum Gasteiger partial charge on any atom is 0.228 e. The van der Waals surface area contributed by atoms with E-state index in [1.54, 1.807) is 10.7 Å². The summed E-state index contributed by atoms with van der Waals surface area (Å²) in [5.74, 6) is 0.249. The molecule has 1 saturated carbocycles. The van der Waals surface area contributed by atoms with E-state index in [9.17, 15) is 9.90 Å². The minimum Gasteiger partial charge on any atom is -0.506 e. The molecule has 0 unspecified atom stereocenters. The number of aromatic nitrogens is 2. The lowest BCUT2D eigenvalue weighted by molar-refractivity contribution is -0.117. The summed E-state index contributed by atoms with van der Waals surface area (Å²) < 4.78 is 1.75. The molecule has 1 aliphatic carbocycles. The fourth-order valence-corrected chi connectivity index (χ4v) is 2.81. The highest BCUT2D eigenvalue weighted by Crippen LogP contribution is 2.48. The zero-order chi connectivity index (χ0) is 16.8. The summed E-state index contributed by atoms with van der Waals surface area (Å²) in [6, 6.07) is 5.39. The fraction of sp³-hybridized carbons (Fsp3) is 0.444.